The molecule has 0 atom stereocenters. The Labute approximate surface area is 140 Å². The quantitative estimate of drug-likeness (QED) is 0.540. The molecule has 0 saturated carbocycles. The van der Waals surface area contributed by atoms with Crippen LogP contribution in [-0.2, 0) is 0 Å². The number of hydrogen-bond acceptors (Lipinski definition) is 4. The van der Waals surface area contributed by atoms with Gasteiger partial charge >= 0.3 is 0 Å². The molecule has 4 rings (SSSR count). The van der Waals surface area contributed by atoms with Gasteiger partial charge < -0.3 is 4.74 Å². The summed E-state index contributed by atoms with van der Waals surface area (Å²) in [7, 11) is 0. The summed E-state index contributed by atoms with van der Waals surface area (Å²) < 4.78 is 8.64. The maximum absolute atomic E-state index is 5.82. The van der Waals surface area contributed by atoms with Crippen LogP contribution in [0.1, 0.15) is 0 Å². The van der Waals surface area contributed by atoms with Crippen LogP contribution < -0.4 is 4.74 Å². The molecule has 2 aromatic heterocycles. The summed E-state index contributed by atoms with van der Waals surface area (Å²) in [6, 6.07) is 16.0. The van der Waals surface area contributed by atoms with Crippen molar-refractivity contribution in [2.45, 2.75) is 0 Å². The Morgan fingerprint density at radius 1 is 0.913 bits per heavy atom. The molecule has 6 heteroatoms. The van der Waals surface area contributed by atoms with Gasteiger partial charge in [0.05, 0.1) is 0 Å². The number of ether oxygens (including phenoxy) is 1. The first-order valence-corrected chi connectivity index (χ1v) is 7.77. The normalized spacial score (nSPS) is 10.8. The highest BCUT2D eigenvalue weighted by Crippen LogP contribution is 2.27. The van der Waals surface area contributed by atoms with Gasteiger partial charge in [0.2, 0.25) is 5.65 Å². The van der Waals surface area contributed by atoms with Crippen LogP contribution in [0, 0.1) is 0 Å². The summed E-state index contributed by atoms with van der Waals surface area (Å²) in [5, 5.41) is 7.86. The van der Waals surface area contributed by atoms with E-state index in [1.165, 1.54) is 0 Å². The van der Waals surface area contributed by atoms with E-state index in [-0.39, 0.29) is 0 Å². The van der Waals surface area contributed by atoms with Gasteiger partial charge in [0.1, 0.15) is 12.1 Å². The molecule has 0 aliphatic rings. The number of aromatic nitrogens is 4. The third-order valence-corrected chi connectivity index (χ3v) is 3.96. The second-order valence-electron chi connectivity index (χ2n) is 4.93. The molecule has 0 saturated heterocycles. The van der Waals surface area contributed by atoms with Crippen LogP contribution in [0.5, 0.6) is 11.6 Å². The number of hydrogen-bond donors (Lipinski definition) is 0. The number of nitrogens with zero attached hydrogens (tertiary/aromatic N) is 4. The Hall–Kier alpha value is -2.73. The number of halogens is 1. The number of fused-ring (bicyclic) bond motifs is 1. The van der Waals surface area contributed by atoms with E-state index in [0.717, 1.165) is 15.6 Å². The van der Waals surface area contributed by atoms with Gasteiger partial charge in [-0.05, 0) is 35.4 Å². The minimum absolute atomic E-state index is 0.432. The van der Waals surface area contributed by atoms with Crippen LogP contribution in [0.4, 0.5) is 0 Å². The predicted octanol–water partition coefficient (Wildman–Crippen LogP) is 4.35. The van der Waals surface area contributed by atoms with Crippen LogP contribution in [0.2, 0.25) is 0 Å². The van der Waals surface area contributed by atoms with Crippen molar-refractivity contribution in [2.24, 2.45) is 0 Å². The molecule has 0 spiro atoms. The topological polar surface area (TPSA) is 52.3 Å². The number of rotatable bonds is 3. The monoisotopic (exact) mass is 366 g/mol. The average Bonchev–Trinajstić information content (AvgIpc) is 3.06. The summed E-state index contributed by atoms with van der Waals surface area (Å²) in [5.41, 5.74) is 2.86. The number of benzene rings is 2. The van der Waals surface area contributed by atoms with Crippen molar-refractivity contribution in [3.8, 4) is 22.8 Å². The standard InChI is InChI=1S/C17H11BrN4O/c18-14-5-1-12(2-6-14)13-3-7-15(8-4-13)23-17-16-21-20-11-22(16)10-9-19-17/h1-11H. The second kappa shape index (κ2) is 5.81. The first kappa shape index (κ1) is 13.9. The van der Waals surface area contributed by atoms with Gasteiger partial charge in [-0.15, -0.1) is 10.2 Å². The molecule has 0 unspecified atom stereocenters. The zero-order chi connectivity index (χ0) is 15.6. The van der Waals surface area contributed by atoms with Gasteiger partial charge in [-0.2, -0.15) is 0 Å². The average molecular weight is 367 g/mol. The smallest absolute Gasteiger partial charge is 0.265 e. The Morgan fingerprint density at radius 2 is 1.61 bits per heavy atom. The molecule has 0 bridgehead atoms. The van der Waals surface area contributed by atoms with E-state index < -0.39 is 0 Å². The van der Waals surface area contributed by atoms with Gasteiger partial charge in [-0.1, -0.05) is 40.2 Å². The van der Waals surface area contributed by atoms with Crippen molar-refractivity contribution >= 4 is 21.6 Å². The third-order valence-electron chi connectivity index (χ3n) is 3.43. The maximum atomic E-state index is 5.82. The van der Waals surface area contributed by atoms with Gasteiger partial charge in [-0.25, -0.2) is 4.98 Å². The summed E-state index contributed by atoms with van der Waals surface area (Å²) in [4.78, 5) is 4.21. The lowest BCUT2D eigenvalue weighted by atomic mass is 10.1. The Balaban J connectivity index is 1.61. The lowest BCUT2D eigenvalue weighted by Crippen LogP contribution is -1.93. The minimum Gasteiger partial charge on any atom is -0.436 e. The van der Waals surface area contributed by atoms with Crippen molar-refractivity contribution in [1.82, 2.24) is 19.6 Å². The van der Waals surface area contributed by atoms with Crippen molar-refractivity contribution in [3.63, 3.8) is 0 Å². The summed E-state index contributed by atoms with van der Waals surface area (Å²) >= 11 is 3.44. The van der Waals surface area contributed by atoms with Crippen molar-refractivity contribution < 1.29 is 4.74 Å². The van der Waals surface area contributed by atoms with E-state index in [1.54, 1.807) is 23.1 Å². The summed E-state index contributed by atoms with van der Waals surface area (Å²) in [6.45, 7) is 0. The van der Waals surface area contributed by atoms with E-state index in [1.807, 2.05) is 36.4 Å². The predicted molar refractivity (Wildman–Crippen MR) is 90.4 cm³/mol. The molecule has 5 nitrogen and oxygen atoms in total. The van der Waals surface area contributed by atoms with Crippen molar-refractivity contribution in [1.29, 1.82) is 0 Å². The highest BCUT2D eigenvalue weighted by Gasteiger charge is 2.07. The molecule has 0 radical (unpaired) electrons. The van der Waals surface area contributed by atoms with Gasteiger partial charge in [0, 0.05) is 16.9 Å². The lowest BCUT2D eigenvalue weighted by molar-refractivity contribution is 0.465. The fourth-order valence-electron chi connectivity index (χ4n) is 2.28. The first-order valence-electron chi connectivity index (χ1n) is 6.98. The molecule has 0 aliphatic heterocycles. The van der Waals surface area contributed by atoms with Crippen molar-refractivity contribution in [2.75, 3.05) is 0 Å². The Kier molecular flexibility index (Phi) is 3.51. The summed E-state index contributed by atoms with van der Waals surface area (Å²) in [6.07, 6.45) is 5.04. The second-order valence-corrected chi connectivity index (χ2v) is 5.84. The van der Waals surface area contributed by atoms with Gasteiger partial charge in [-0.3, -0.25) is 4.40 Å². The molecular weight excluding hydrogens is 356 g/mol. The third kappa shape index (κ3) is 2.80. The van der Waals surface area contributed by atoms with Crippen LogP contribution >= 0.6 is 15.9 Å². The molecule has 23 heavy (non-hydrogen) atoms. The van der Waals surface area contributed by atoms with E-state index in [2.05, 4.69) is 43.2 Å². The fraction of sp³-hybridized carbons (Fsp3) is 0. The van der Waals surface area contributed by atoms with E-state index in [9.17, 15) is 0 Å². The zero-order valence-corrected chi connectivity index (χ0v) is 13.5. The molecule has 4 aromatic rings. The first-order chi connectivity index (χ1) is 11.3. The molecule has 0 aliphatic carbocycles. The van der Waals surface area contributed by atoms with Gasteiger partial charge in [0.25, 0.3) is 5.88 Å². The van der Waals surface area contributed by atoms with E-state index in [0.29, 0.717) is 17.3 Å². The van der Waals surface area contributed by atoms with Crippen molar-refractivity contribution in [3.05, 3.63) is 71.7 Å². The van der Waals surface area contributed by atoms with E-state index in [4.69, 9.17) is 4.74 Å². The highest BCUT2D eigenvalue weighted by molar-refractivity contribution is 9.10. The molecule has 2 aromatic carbocycles. The molecule has 0 fully saturated rings. The lowest BCUT2D eigenvalue weighted by Gasteiger charge is -2.07. The molecular formula is C17H11BrN4O. The SMILES string of the molecule is Brc1ccc(-c2ccc(Oc3nccn4cnnc34)cc2)cc1. The molecule has 2 heterocycles. The van der Waals surface area contributed by atoms with Crippen LogP contribution in [0.15, 0.2) is 71.7 Å². The fourth-order valence-corrected chi connectivity index (χ4v) is 2.54. The Morgan fingerprint density at radius 3 is 2.35 bits per heavy atom. The van der Waals surface area contributed by atoms with E-state index >= 15 is 0 Å². The minimum atomic E-state index is 0.432. The molecule has 0 N–H and O–H groups in total. The largest absolute Gasteiger partial charge is 0.436 e. The Bertz CT molecular complexity index is 948. The summed E-state index contributed by atoms with van der Waals surface area (Å²) in [5.74, 6) is 1.14. The molecule has 112 valence electrons. The maximum Gasteiger partial charge on any atom is 0.265 e. The highest BCUT2D eigenvalue weighted by atomic mass is 79.9. The van der Waals surface area contributed by atoms with Gasteiger partial charge in [0.15, 0.2) is 0 Å². The van der Waals surface area contributed by atoms with Crippen LogP contribution in [0.25, 0.3) is 16.8 Å². The zero-order valence-electron chi connectivity index (χ0n) is 11.9. The van der Waals surface area contributed by atoms with Crippen LogP contribution in [0.3, 0.4) is 0 Å². The molecule has 0 amide bonds. The van der Waals surface area contributed by atoms with Crippen LogP contribution in [-0.4, -0.2) is 19.6 Å².